The maximum Gasteiger partial charge on any atom is 0.265 e. The summed E-state index contributed by atoms with van der Waals surface area (Å²) in [5.74, 6) is 0. The van der Waals surface area contributed by atoms with Gasteiger partial charge in [0, 0.05) is 17.3 Å². The second-order valence-corrected chi connectivity index (χ2v) is 8.13. The summed E-state index contributed by atoms with van der Waals surface area (Å²) in [6.45, 7) is 5.79. The minimum Gasteiger partial charge on any atom is -0.394 e. The van der Waals surface area contributed by atoms with Gasteiger partial charge >= 0.3 is 0 Å². The Hall–Kier alpha value is -1.92. The van der Waals surface area contributed by atoms with Gasteiger partial charge < -0.3 is 5.11 Å². The van der Waals surface area contributed by atoms with Gasteiger partial charge in [-0.1, -0.05) is 39.0 Å². The minimum atomic E-state index is -3.77. The standard InChI is InChI=1S/C17H22N2O3S/c1-17(2,3)16-10-9-15(13-18-16)23(21,22)19(11-12-20)14-7-5-4-6-8-14/h4-10,13,20H,11-12H2,1-3H3. The molecule has 2 aromatic rings. The molecule has 0 aliphatic rings. The SMILES string of the molecule is CC(C)(C)c1ccc(S(=O)(=O)N(CCO)c2ccccc2)cn1. The number of aliphatic hydroxyl groups excluding tert-OH is 1. The number of rotatable bonds is 5. The van der Waals surface area contributed by atoms with Crippen molar-refractivity contribution in [2.45, 2.75) is 31.1 Å². The van der Waals surface area contributed by atoms with Crippen molar-refractivity contribution in [1.82, 2.24) is 4.98 Å². The van der Waals surface area contributed by atoms with Crippen molar-refractivity contribution in [3.63, 3.8) is 0 Å². The van der Waals surface area contributed by atoms with Gasteiger partial charge in [-0.2, -0.15) is 0 Å². The second-order valence-electron chi connectivity index (χ2n) is 6.27. The van der Waals surface area contributed by atoms with Crippen molar-refractivity contribution < 1.29 is 13.5 Å². The summed E-state index contributed by atoms with van der Waals surface area (Å²) in [6, 6.07) is 12.0. The third kappa shape index (κ3) is 3.89. The van der Waals surface area contributed by atoms with Crippen molar-refractivity contribution in [3.8, 4) is 0 Å². The normalized spacial score (nSPS) is 12.2. The van der Waals surface area contributed by atoms with Crippen LogP contribution in [0.15, 0.2) is 53.6 Å². The molecule has 1 aromatic carbocycles. The molecule has 0 saturated carbocycles. The number of aromatic nitrogens is 1. The lowest BCUT2D eigenvalue weighted by Crippen LogP contribution is -2.33. The first-order valence-corrected chi connectivity index (χ1v) is 8.86. The number of hydrogen-bond donors (Lipinski definition) is 1. The lowest BCUT2D eigenvalue weighted by atomic mass is 9.92. The summed E-state index contributed by atoms with van der Waals surface area (Å²) < 4.78 is 26.9. The molecular formula is C17H22N2O3S. The maximum absolute atomic E-state index is 12.9. The molecule has 0 spiro atoms. The molecule has 5 nitrogen and oxygen atoms in total. The second kappa shape index (κ2) is 6.68. The zero-order valence-electron chi connectivity index (χ0n) is 13.6. The van der Waals surface area contributed by atoms with Gasteiger partial charge in [0.05, 0.1) is 18.8 Å². The molecule has 0 bridgehead atoms. The van der Waals surface area contributed by atoms with Gasteiger partial charge in [-0.05, 0) is 24.3 Å². The van der Waals surface area contributed by atoms with Crippen LogP contribution in [-0.2, 0) is 15.4 Å². The molecule has 0 fully saturated rings. The Morgan fingerprint density at radius 3 is 2.22 bits per heavy atom. The Morgan fingerprint density at radius 1 is 1.09 bits per heavy atom. The fraction of sp³-hybridized carbons (Fsp3) is 0.353. The van der Waals surface area contributed by atoms with Crippen LogP contribution in [0.3, 0.4) is 0 Å². The number of sulfonamides is 1. The highest BCUT2D eigenvalue weighted by Crippen LogP contribution is 2.25. The summed E-state index contributed by atoms with van der Waals surface area (Å²) in [5.41, 5.74) is 1.19. The number of hydrogen-bond acceptors (Lipinski definition) is 4. The molecule has 2 rings (SSSR count). The average molecular weight is 334 g/mol. The Bertz CT molecular complexity index is 736. The molecule has 124 valence electrons. The van der Waals surface area contributed by atoms with Crippen LogP contribution in [0.5, 0.6) is 0 Å². The highest BCUT2D eigenvalue weighted by atomic mass is 32.2. The Morgan fingerprint density at radius 2 is 1.74 bits per heavy atom. The van der Waals surface area contributed by atoms with Crippen LogP contribution in [0.1, 0.15) is 26.5 Å². The molecule has 0 unspecified atom stereocenters. The molecule has 0 amide bonds. The van der Waals surface area contributed by atoms with E-state index in [9.17, 15) is 13.5 Å². The van der Waals surface area contributed by atoms with E-state index in [4.69, 9.17) is 0 Å². The van der Waals surface area contributed by atoms with E-state index in [0.717, 1.165) is 5.69 Å². The monoisotopic (exact) mass is 334 g/mol. The molecule has 0 radical (unpaired) electrons. The van der Waals surface area contributed by atoms with Gasteiger partial charge in [0.25, 0.3) is 10.0 Å². The fourth-order valence-corrected chi connectivity index (χ4v) is 3.58. The van der Waals surface area contributed by atoms with Gasteiger partial charge in [-0.3, -0.25) is 9.29 Å². The van der Waals surface area contributed by atoms with E-state index in [2.05, 4.69) is 4.98 Å². The number of para-hydroxylation sites is 1. The van der Waals surface area contributed by atoms with Gasteiger partial charge in [-0.15, -0.1) is 0 Å². The van der Waals surface area contributed by atoms with Gasteiger partial charge in [0.1, 0.15) is 4.90 Å². The van der Waals surface area contributed by atoms with E-state index < -0.39 is 10.0 Å². The third-order valence-electron chi connectivity index (χ3n) is 3.44. The number of pyridine rings is 1. The van der Waals surface area contributed by atoms with Gasteiger partial charge in [0.2, 0.25) is 0 Å². The molecule has 1 aromatic heterocycles. The van der Waals surface area contributed by atoms with E-state index in [1.165, 1.54) is 10.5 Å². The van der Waals surface area contributed by atoms with Crippen molar-refractivity contribution in [3.05, 3.63) is 54.4 Å². The third-order valence-corrected chi connectivity index (χ3v) is 5.25. The van der Waals surface area contributed by atoms with E-state index >= 15 is 0 Å². The Labute approximate surface area is 137 Å². The van der Waals surface area contributed by atoms with Crippen molar-refractivity contribution in [1.29, 1.82) is 0 Å². The van der Waals surface area contributed by atoms with Crippen molar-refractivity contribution in [2.75, 3.05) is 17.5 Å². The number of anilines is 1. The minimum absolute atomic E-state index is 0.00658. The molecule has 1 heterocycles. The summed E-state index contributed by atoms with van der Waals surface area (Å²) >= 11 is 0. The highest BCUT2D eigenvalue weighted by Gasteiger charge is 2.25. The number of nitrogens with zero attached hydrogens (tertiary/aromatic N) is 2. The lowest BCUT2D eigenvalue weighted by Gasteiger charge is -2.24. The van der Waals surface area contributed by atoms with Crippen LogP contribution in [0.2, 0.25) is 0 Å². The first kappa shape index (κ1) is 17.4. The first-order chi connectivity index (χ1) is 10.8. The van der Waals surface area contributed by atoms with Crippen LogP contribution in [0.25, 0.3) is 0 Å². The van der Waals surface area contributed by atoms with Crippen LogP contribution in [0, 0.1) is 0 Å². The average Bonchev–Trinajstić information content (AvgIpc) is 2.52. The maximum atomic E-state index is 12.9. The predicted octanol–water partition coefficient (Wildman–Crippen LogP) is 2.57. The topological polar surface area (TPSA) is 70.5 Å². The first-order valence-electron chi connectivity index (χ1n) is 7.42. The van der Waals surface area contributed by atoms with Crippen molar-refractivity contribution in [2.24, 2.45) is 0 Å². The number of benzene rings is 1. The lowest BCUT2D eigenvalue weighted by molar-refractivity contribution is 0.306. The van der Waals surface area contributed by atoms with Crippen LogP contribution in [0.4, 0.5) is 5.69 Å². The molecular weight excluding hydrogens is 312 g/mol. The highest BCUT2D eigenvalue weighted by molar-refractivity contribution is 7.92. The summed E-state index contributed by atoms with van der Waals surface area (Å²) in [6.07, 6.45) is 1.38. The van der Waals surface area contributed by atoms with Gasteiger partial charge in [-0.25, -0.2) is 8.42 Å². The van der Waals surface area contributed by atoms with E-state index in [1.807, 2.05) is 26.8 Å². The predicted molar refractivity (Wildman–Crippen MR) is 91.0 cm³/mol. The molecule has 0 atom stereocenters. The van der Waals surface area contributed by atoms with Crippen LogP contribution >= 0.6 is 0 Å². The molecule has 0 aliphatic heterocycles. The number of aliphatic hydroxyl groups is 1. The van der Waals surface area contributed by atoms with E-state index in [-0.39, 0.29) is 23.5 Å². The summed E-state index contributed by atoms with van der Waals surface area (Å²) in [7, 11) is -3.77. The Kier molecular flexibility index (Phi) is 5.06. The molecule has 1 N–H and O–H groups in total. The summed E-state index contributed by atoms with van der Waals surface area (Å²) in [5, 5.41) is 9.24. The largest absolute Gasteiger partial charge is 0.394 e. The van der Waals surface area contributed by atoms with E-state index in [1.54, 1.807) is 36.4 Å². The fourth-order valence-electron chi connectivity index (χ4n) is 2.18. The van der Waals surface area contributed by atoms with Crippen LogP contribution < -0.4 is 4.31 Å². The van der Waals surface area contributed by atoms with Crippen LogP contribution in [-0.4, -0.2) is 31.7 Å². The Balaban J connectivity index is 2.42. The zero-order valence-corrected chi connectivity index (χ0v) is 14.4. The zero-order chi connectivity index (χ0) is 17.1. The molecule has 0 aliphatic carbocycles. The van der Waals surface area contributed by atoms with Crippen molar-refractivity contribution >= 4 is 15.7 Å². The molecule has 6 heteroatoms. The quantitative estimate of drug-likeness (QED) is 0.912. The van der Waals surface area contributed by atoms with Gasteiger partial charge in [0.15, 0.2) is 0 Å². The van der Waals surface area contributed by atoms with E-state index in [0.29, 0.717) is 5.69 Å². The molecule has 23 heavy (non-hydrogen) atoms. The smallest absolute Gasteiger partial charge is 0.265 e. The molecule has 0 saturated heterocycles. The summed E-state index contributed by atoms with van der Waals surface area (Å²) in [4.78, 5) is 4.40.